The van der Waals surface area contributed by atoms with Gasteiger partial charge in [-0.3, -0.25) is 14.5 Å². The minimum atomic E-state index is -0.832. The molecule has 1 aromatic rings. The molecule has 1 fully saturated rings. The molecule has 0 saturated carbocycles. The molecule has 2 amide bonds. The third-order valence-electron chi connectivity index (χ3n) is 4.83. The van der Waals surface area contributed by atoms with E-state index in [2.05, 4.69) is 18.7 Å². The van der Waals surface area contributed by atoms with Crippen molar-refractivity contribution in [1.82, 2.24) is 0 Å². The molecule has 1 aromatic carbocycles. The number of nitriles is 1. The van der Waals surface area contributed by atoms with Crippen LogP contribution in [0.1, 0.15) is 38.3 Å². The molecule has 0 aromatic heterocycles. The van der Waals surface area contributed by atoms with Gasteiger partial charge in [-0.25, -0.2) is 5.26 Å². The van der Waals surface area contributed by atoms with Gasteiger partial charge >= 0.3 is 0 Å². The van der Waals surface area contributed by atoms with Crippen LogP contribution in [0.3, 0.4) is 0 Å². The molecule has 2 rings (SSSR count). The normalized spacial score (nSPS) is 22.5. The van der Waals surface area contributed by atoms with Gasteiger partial charge in [0.25, 0.3) is 0 Å². The van der Waals surface area contributed by atoms with Crippen molar-refractivity contribution in [2.45, 2.75) is 34.1 Å². The summed E-state index contributed by atoms with van der Waals surface area (Å²) in [6.45, 7) is 10.8. The Bertz CT molecular complexity index is 718. The molecule has 1 unspecified atom stereocenters. The molecular weight excluding hydrogens is 365 g/mol. The number of hydrogen-bond acceptors (Lipinski definition) is 3. The van der Waals surface area contributed by atoms with Gasteiger partial charge in [0.15, 0.2) is 0 Å². The number of benzene rings is 1. The standard InChI is InChI=1S/C18H19N2O2.Y/c1-6-9-18(5)16(22)20(15(21)17(18,3)4)14-8-7-13(11-19)12(2)10-14;/h6-8H,1,9H2,2-5H3;/q-1;. The minimum absolute atomic E-state index is 0. The van der Waals surface area contributed by atoms with E-state index in [9.17, 15) is 9.59 Å². The summed E-state index contributed by atoms with van der Waals surface area (Å²) in [5, 5.41) is 8.99. The fourth-order valence-corrected chi connectivity index (χ4v) is 2.81. The van der Waals surface area contributed by atoms with Crippen LogP contribution in [-0.4, -0.2) is 11.8 Å². The van der Waals surface area contributed by atoms with Crippen LogP contribution in [0.5, 0.6) is 0 Å². The second-order valence-electron chi connectivity index (χ2n) is 6.39. The van der Waals surface area contributed by atoms with E-state index in [0.717, 1.165) is 0 Å². The molecule has 0 bridgehead atoms. The molecule has 1 heterocycles. The Balaban J connectivity index is 0.00000264. The van der Waals surface area contributed by atoms with E-state index in [4.69, 9.17) is 5.26 Å². The zero-order valence-corrected chi connectivity index (χ0v) is 16.8. The van der Waals surface area contributed by atoms with Crippen LogP contribution >= 0.6 is 0 Å². The van der Waals surface area contributed by atoms with Crippen LogP contribution in [0.2, 0.25) is 0 Å². The van der Waals surface area contributed by atoms with Gasteiger partial charge < -0.3 is 0 Å². The number of carbonyl (C=O) groups is 2. The number of imide groups is 1. The molecule has 5 heteroatoms. The second-order valence-corrected chi connectivity index (χ2v) is 6.39. The summed E-state index contributed by atoms with van der Waals surface area (Å²) in [6, 6.07) is 8.24. The summed E-state index contributed by atoms with van der Waals surface area (Å²) in [7, 11) is 0. The van der Waals surface area contributed by atoms with Gasteiger partial charge in [-0.2, -0.15) is 12.1 Å². The largest absolute Gasteiger partial charge is 0.274 e. The summed E-state index contributed by atoms with van der Waals surface area (Å²) in [5.41, 5.74) is -0.158. The quantitative estimate of drug-likeness (QED) is 0.457. The topological polar surface area (TPSA) is 61.2 Å². The molecule has 1 atom stereocenters. The summed E-state index contributed by atoms with van der Waals surface area (Å²) in [6.07, 6.45) is 2.10. The molecule has 0 spiro atoms. The number of hydrogen-bond donors (Lipinski definition) is 0. The smallest absolute Gasteiger partial charge is 0.239 e. The molecule has 4 nitrogen and oxygen atoms in total. The average Bonchev–Trinajstić information content (AvgIpc) is 2.58. The molecule has 1 aliphatic heterocycles. The predicted octanol–water partition coefficient (Wildman–Crippen LogP) is 3.15. The number of allylic oxidation sites excluding steroid dienone is 1. The van der Waals surface area contributed by atoms with Crippen LogP contribution in [0.25, 0.3) is 0 Å². The van der Waals surface area contributed by atoms with Crippen molar-refractivity contribution < 1.29 is 42.3 Å². The number of nitrogens with zero attached hydrogens (tertiary/aromatic N) is 2. The molecule has 23 heavy (non-hydrogen) atoms. The van der Waals surface area contributed by atoms with E-state index < -0.39 is 10.8 Å². The predicted molar refractivity (Wildman–Crippen MR) is 83.9 cm³/mol. The number of rotatable bonds is 3. The van der Waals surface area contributed by atoms with Gasteiger partial charge in [0.05, 0.1) is 10.8 Å². The van der Waals surface area contributed by atoms with E-state index in [1.165, 1.54) is 4.90 Å². The maximum atomic E-state index is 12.9. The van der Waals surface area contributed by atoms with Crippen LogP contribution < -0.4 is 4.90 Å². The summed E-state index contributed by atoms with van der Waals surface area (Å²) < 4.78 is 0. The monoisotopic (exact) mass is 384 g/mol. The molecule has 0 N–H and O–H groups in total. The Kier molecular flexibility index (Phi) is 5.72. The van der Waals surface area contributed by atoms with E-state index in [-0.39, 0.29) is 44.5 Å². The summed E-state index contributed by atoms with van der Waals surface area (Å²) in [4.78, 5) is 26.9. The van der Waals surface area contributed by atoms with Crippen molar-refractivity contribution in [1.29, 1.82) is 5.26 Å². The van der Waals surface area contributed by atoms with Gasteiger partial charge in [0.2, 0.25) is 11.8 Å². The van der Waals surface area contributed by atoms with E-state index in [1.54, 1.807) is 45.9 Å². The first-order chi connectivity index (χ1) is 10.2. The molecule has 0 aliphatic carbocycles. The van der Waals surface area contributed by atoms with Crippen LogP contribution in [0, 0.1) is 35.2 Å². The average molecular weight is 384 g/mol. The first-order valence-corrected chi connectivity index (χ1v) is 7.13. The molecule has 1 aliphatic rings. The summed E-state index contributed by atoms with van der Waals surface area (Å²) >= 11 is 0. The van der Waals surface area contributed by atoms with Gasteiger partial charge in [0, 0.05) is 38.8 Å². The number of anilines is 1. The Morgan fingerprint density at radius 3 is 2.39 bits per heavy atom. The number of aryl methyl sites for hydroxylation is 1. The molecular formula is C18H19N2O2Y-. The van der Waals surface area contributed by atoms with Gasteiger partial charge in [0.1, 0.15) is 0 Å². The number of carbonyl (C=O) groups excluding carboxylic acids is 2. The second kappa shape index (κ2) is 6.67. The number of amides is 2. The third-order valence-corrected chi connectivity index (χ3v) is 4.83. The Morgan fingerprint density at radius 2 is 1.91 bits per heavy atom. The van der Waals surface area contributed by atoms with Crippen molar-refractivity contribution in [3.63, 3.8) is 0 Å². The maximum Gasteiger partial charge on any atom is 0.239 e. The summed E-state index contributed by atoms with van der Waals surface area (Å²) in [5.74, 6) is -0.495. The molecule has 117 valence electrons. The third kappa shape index (κ3) is 2.81. The first-order valence-electron chi connectivity index (χ1n) is 7.13. The zero-order valence-electron chi connectivity index (χ0n) is 13.9. The van der Waals surface area contributed by atoms with E-state index in [1.807, 2.05) is 0 Å². The Hall–Kier alpha value is -1.31. The Morgan fingerprint density at radius 1 is 1.30 bits per heavy atom. The van der Waals surface area contributed by atoms with Crippen LogP contribution in [0.4, 0.5) is 5.69 Å². The SMILES string of the molecule is C=CCC1(C)C(=O)N(c2[c-]c(C)c(C#N)cc2)C(=O)C1(C)C.[Y]. The zero-order chi connectivity index (χ0) is 16.7. The minimum Gasteiger partial charge on any atom is -0.274 e. The van der Waals surface area contributed by atoms with Crippen LogP contribution in [0.15, 0.2) is 24.8 Å². The Labute approximate surface area is 162 Å². The van der Waals surface area contributed by atoms with Gasteiger partial charge in [-0.15, -0.1) is 18.2 Å². The van der Waals surface area contributed by atoms with Crippen molar-refractivity contribution in [3.8, 4) is 6.07 Å². The molecule has 1 radical (unpaired) electrons. The van der Waals surface area contributed by atoms with Crippen molar-refractivity contribution >= 4 is 17.5 Å². The van der Waals surface area contributed by atoms with Gasteiger partial charge in [-0.1, -0.05) is 24.3 Å². The maximum absolute atomic E-state index is 12.9. The van der Waals surface area contributed by atoms with E-state index in [0.29, 0.717) is 23.2 Å². The van der Waals surface area contributed by atoms with Gasteiger partial charge in [-0.05, 0) is 27.2 Å². The van der Waals surface area contributed by atoms with E-state index >= 15 is 0 Å². The first kappa shape index (κ1) is 19.7. The fourth-order valence-electron chi connectivity index (χ4n) is 2.81. The van der Waals surface area contributed by atoms with Crippen molar-refractivity contribution in [3.05, 3.63) is 42.0 Å². The van der Waals surface area contributed by atoms with Crippen molar-refractivity contribution in [2.75, 3.05) is 4.90 Å². The van der Waals surface area contributed by atoms with Crippen molar-refractivity contribution in [2.24, 2.45) is 10.8 Å². The van der Waals surface area contributed by atoms with Crippen LogP contribution in [-0.2, 0) is 42.3 Å². The molecule has 1 saturated heterocycles. The fraction of sp³-hybridized carbons (Fsp3) is 0.389.